The predicted molar refractivity (Wildman–Crippen MR) is 97.7 cm³/mol. The summed E-state index contributed by atoms with van der Waals surface area (Å²) in [4.78, 5) is 26.7. The SMILES string of the molecule is Cc1cc(C)c(C(=O)N2CCC[C@H]([C@H](C)NC(=O)NC(C)(C)C)C2)o1. The molecule has 0 unspecified atom stereocenters. The lowest BCUT2D eigenvalue weighted by atomic mass is 9.91. The van der Waals surface area contributed by atoms with Crippen LogP contribution in [0.5, 0.6) is 0 Å². The third kappa shape index (κ3) is 5.25. The van der Waals surface area contributed by atoms with Crippen LogP contribution in [0.2, 0.25) is 0 Å². The number of piperidine rings is 1. The second-order valence-electron chi connectivity index (χ2n) is 8.16. The second kappa shape index (κ2) is 7.50. The number of hydrogen-bond donors (Lipinski definition) is 2. The van der Waals surface area contributed by atoms with E-state index in [0.29, 0.717) is 12.3 Å². The van der Waals surface area contributed by atoms with Crippen molar-refractivity contribution >= 4 is 11.9 Å². The van der Waals surface area contributed by atoms with E-state index in [1.165, 1.54) is 0 Å². The molecular weight excluding hydrogens is 318 g/mol. The van der Waals surface area contributed by atoms with Crippen LogP contribution in [0.1, 0.15) is 62.4 Å². The van der Waals surface area contributed by atoms with Gasteiger partial charge in [0.1, 0.15) is 5.76 Å². The molecule has 1 aromatic rings. The number of urea groups is 1. The number of nitrogens with zero attached hydrogens (tertiary/aromatic N) is 1. The molecule has 0 aliphatic carbocycles. The maximum Gasteiger partial charge on any atom is 0.315 e. The van der Waals surface area contributed by atoms with Crippen molar-refractivity contribution in [3.05, 3.63) is 23.2 Å². The molecule has 6 nitrogen and oxygen atoms in total. The van der Waals surface area contributed by atoms with Crippen LogP contribution in [0.4, 0.5) is 4.79 Å². The molecule has 1 aliphatic rings. The molecule has 2 rings (SSSR count). The number of likely N-dealkylation sites (tertiary alicyclic amines) is 1. The zero-order chi connectivity index (χ0) is 18.8. The van der Waals surface area contributed by atoms with E-state index in [1.807, 2.05) is 52.5 Å². The highest BCUT2D eigenvalue weighted by Crippen LogP contribution is 2.23. The highest BCUT2D eigenvalue weighted by molar-refractivity contribution is 5.93. The predicted octanol–water partition coefficient (Wildman–Crippen LogP) is 3.23. The van der Waals surface area contributed by atoms with Gasteiger partial charge in [-0.15, -0.1) is 0 Å². The lowest BCUT2D eigenvalue weighted by Gasteiger charge is -2.36. The first kappa shape index (κ1) is 19.3. The Morgan fingerprint density at radius 2 is 2.00 bits per heavy atom. The van der Waals surface area contributed by atoms with Crippen molar-refractivity contribution in [3.8, 4) is 0 Å². The number of furan rings is 1. The summed E-state index contributed by atoms with van der Waals surface area (Å²) in [6, 6.07) is 1.72. The Labute approximate surface area is 150 Å². The lowest BCUT2D eigenvalue weighted by Crippen LogP contribution is -2.53. The smallest absolute Gasteiger partial charge is 0.315 e. The minimum atomic E-state index is -0.271. The van der Waals surface area contributed by atoms with E-state index in [4.69, 9.17) is 4.42 Å². The normalized spacial score (nSPS) is 19.4. The van der Waals surface area contributed by atoms with E-state index >= 15 is 0 Å². The minimum Gasteiger partial charge on any atom is -0.456 e. The summed E-state index contributed by atoms with van der Waals surface area (Å²) in [5.41, 5.74) is 0.605. The van der Waals surface area contributed by atoms with Crippen LogP contribution in [0.3, 0.4) is 0 Å². The zero-order valence-corrected chi connectivity index (χ0v) is 16.2. The van der Waals surface area contributed by atoms with Crippen molar-refractivity contribution in [1.29, 1.82) is 0 Å². The van der Waals surface area contributed by atoms with Crippen LogP contribution < -0.4 is 10.6 Å². The second-order valence-corrected chi connectivity index (χ2v) is 8.16. The standard InChI is InChI=1S/C19H31N3O3/c1-12-10-13(2)25-16(12)17(23)22-9-7-8-15(11-22)14(3)20-18(24)21-19(4,5)6/h10,14-15H,7-9,11H2,1-6H3,(H2,20,21,24)/t14-,15-/m0/s1. The van der Waals surface area contributed by atoms with Crippen LogP contribution in [0.15, 0.2) is 10.5 Å². The fraction of sp³-hybridized carbons (Fsp3) is 0.684. The van der Waals surface area contributed by atoms with Crippen LogP contribution in [-0.4, -0.2) is 41.5 Å². The third-order valence-corrected chi connectivity index (χ3v) is 4.53. The molecule has 0 aromatic carbocycles. The topological polar surface area (TPSA) is 74.6 Å². The van der Waals surface area contributed by atoms with E-state index in [0.717, 1.165) is 30.7 Å². The van der Waals surface area contributed by atoms with Crippen molar-refractivity contribution in [1.82, 2.24) is 15.5 Å². The van der Waals surface area contributed by atoms with Gasteiger partial charge in [-0.25, -0.2) is 4.79 Å². The quantitative estimate of drug-likeness (QED) is 0.880. The van der Waals surface area contributed by atoms with Crippen molar-refractivity contribution in [2.45, 2.75) is 66.0 Å². The Kier molecular flexibility index (Phi) is 5.80. The van der Waals surface area contributed by atoms with Crippen molar-refractivity contribution in [2.75, 3.05) is 13.1 Å². The first-order valence-corrected chi connectivity index (χ1v) is 9.02. The van der Waals surface area contributed by atoms with Gasteiger partial charge >= 0.3 is 6.03 Å². The van der Waals surface area contributed by atoms with Gasteiger partial charge in [0.25, 0.3) is 5.91 Å². The van der Waals surface area contributed by atoms with Gasteiger partial charge in [-0.3, -0.25) is 4.79 Å². The summed E-state index contributed by atoms with van der Waals surface area (Å²) in [7, 11) is 0. The lowest BCUT2D eigenvalue weighted by molar-refractivity contribution is 0.0619. The number of hydrogen-bond acceptors (Lipinski definition) is 3. The molecule has 2 heterocycles. The number of aryl methyl sites for hydroxylation is 2. The van der Waals surface area contributed by atoms with E-state index in [9.17, 15) is 9.59 Å². The van der Waals surface area contributed by atoms with Gasteiger partial charge < -0.3 is 20.0 Å². The molecule has 1 saturated heterocycles. The van der Waals surface area contributed by atoms with Gasteiger partial charge in [0.2, 0.25) is 0 Å². The number of rotatable bonds is 3. The molecule has 2 N–H and O–H groups in total. The molecule has 6 heteroatoms. The number of amides is 3. The number of nitrogens with one attached hydrogen (secondary N) is 2. The van der Waals surface area contributed by atoms with Crippen LogP contribution >= 0.6 is 0 Å². The Bertz CT molecular complexity index is 630. The van der Waals surface area contributed by atoms with E-state index in [1.54, 1.807) is 0 Å². The average molecular weight is 349 g/mol. The Balaban J connectivity index is 1.97. The van der Waals surface area contributed by atoms with Crippen LogP contribution in [0.25, 0.3) is 0 Å². The zero-order valence-electron chi connectivity index (χ0n) is 16.2. The van der Waals surface area contributed by atoms with Gasteiger partial charge in [0.15, 0.2) is 5.76 Å². The highest BCUT2D eigenvalue weighted by Gasteiger charge is 2.30. The Morgan fingerprint density at radius 1 is 1.32 bits per heavy atom. The van der Waals surface area contributed by atoms with Crippen molar-refractivity contribution in [2.24, 2.45) is 5.92 Å². The molecule has 25 heavy (non-hydrogen) atoms. The Hall–Kier alpha value is -1.98. The molecule has 0 bridgehead atoms. The summed E-state index contributed by atoms with van der Waals surface area (Å²) in [6.45, 7) is 13.0. The maximum absolute atomic E-state index is 12.7. The van der Waals surface area contributed by atoms with E-state index < -0.39 is 0 Å². The molecule has 1 fully saturated rings. The Morgan fingerprint density at radius 3 is 2.56 bits per heavy atom. The van der Waals surface area contributed by atoms with Crippen molar-refractivity contribution in [3.63, 3.8) is 0 Å². The summed E-state index contributed by atoms with van der Waals surface area (Å²) in [6.07, 6.45) is 1.93. The number of carbonyl (C=O) groups is 2. The van der Waals surface area contributed by atoms with Crippen molar-refractivity contribution < 1.29 is 14.0 Å². The minimum absolute atomic E-state index is 0.00242. The largest absolute Gasteiger partial charge is 0.456 e. The van der Waals surface area contributed by atoms with Crippen LogP contribution in [0, 0.1) is 19.8 Å². The maximum atomic E-state index is 12.7. The average Bonchev–Trinajstić information content (AvgIpc) is 2.83. The molecule has 1 aromatic heterocycles. The highest BCUT2D eigenvalue weighted by atomic mass is 16.4. The third-order valence-electron chi connectivity index (χ3n) is 4.53. The molecule has 0 saturated carbocycles. The molecule has 3 amide bonds. The first-order chi connectivity index (χ1) is 11.6. The first-order valence-electron chi connectivity index (χ1n) is 9.02. The molecule has 0 spiro atoms. The monoisotopic (exact) mass is 349 g/mol. The van der Waals surface area contributed by atoms with Gasteiger partial charge in [-0.05, 0) is 66.4 Å². The van der Waals surface area contributed by atoms with E-state index in [-0.39, 0.29) is 29.4 Å². The van der Waals surface area contributed by atoms with Gasteiger partial charge in [0.05, 0.1) is 0 Å². The summed E-state index contributed by atoms with van der Waals surface area (Å²) in [5.74, 6) is 1.37. The molecule has 1 aliphatic heterocycles. The molecule has 140 valence electrons. The van der Waals surface area contributed by atoms with Crippen LogP contribution in [-0.2, 0) is 0 Å². The molecule has 2 atom stereocenters. The van der Waals surface area contributed by atoms with Gasteiger partial charge in [-0.1, -0.05) is 0 Å². The molecular formula is C19H31N3O3. The van der Waals surface area contributed by atoms with Gasteiger partial charge in [-0.2, -0.15) is 0 Å². The summed E-state index contributed by atoms with van der Waals surface area (Å²) in [5, 5.41) is 5.92. The van der Waals surface area contributed by atoms with Gasteiger partial charge in [0, 0.05) is 30.2 Å². The fourth-order valence-corrected chi connectivity index (χ4v) is 3.30. The number of carbonyl (C=O) groups excluding carboxylic acids is 2. The van der Waals surface area contributed by atoms with E-state index in [2.05, 4.69) is 10.6 Å². The fourth-order valence-electron chi connectivity index (χ4n) is 3.30. The molecule has 0 radical (unpaired) electrons. The summed E-state index contributed by atoms with van der Waals surface area (Å²) >= 11 is 0. The summed E-state index contributed by atoms with van der Waals surface area (Å²) < 4.78 is 5.57.